The molecule has 0 aliphatic carbocycles. The van der Waals surface area contributed by atoms with Crippen LogP contribution in [-0.4, -0.2) is 35.0 Å². The Hall–Kier alpha value is -2.69. The normalized spacial score (nSPS) is 20.2. The summed E-state index contributed by atoms with van der Waals surface area (Å²) in [5, 5.41) is 9.52. The Balaban J connectivity index is 1.89. The van der Waals surface area contributed by atoms with Gasteiger partial charge in [0.1, 0.15) is 5.82 Å². The van der Waals surface area contributed by atoms with Crippen molar-refractivity contribution >= 4 is 11.9 Å². The summed E-state index contributed by atoms with van der Waals surface area (Å²) >= 11 is 0. The molecule has 0 spiro atoms. The van der Waals surface area contributed by atoms with Gasteiger partial charge in [-0.25, -0.2) is 4.39 Å². The fraction of sp³-hybridized carbons (Fsp3) is 0.263. The van der Waals surface area contributed by atoms with Crippen molar-refractivity contribution in [2.24, 2.45) is 5.92 Å². The largest absolute Gasteiger partial charge is 0.481 e. The molecule has 1 saturated heterocycles. The van der Waals surface area contributed by atoms with E-state index in [0.717, 1.165) is 5.56 Å². The van der Waals surface area contributed by atoms with Crippen molar-refractivity contribution < 1.29 is 19.1 Å². The van der Waals surface area contributed by atoms with Crippen LogP contribution in [0.4, 0.5) is 4.39 Å². The van der Waals surface area contributed by atoms with Crippen LogP contribution in [0.25, 0.3) is 0 Å². The predicted octanol–water partition coefficient (Wildman–Crippen LogP) is 3.07. The number of carboxylic acids is 1. The number of benzene rings is 2. The zero-order valence-corrected chi connectivity index (χ0v) is 13.3. The van der Waals surface area contributed by atoms with E-state index in [1.807, 2.05) is 30.3 Å². The predicted molar refractivity (Wildman–Crippen MR) is 87.3 cm³/mol. The van der Waals surface area contributed by atoms with E-state index in [1.54, 1.807) is 13.0 Å². The highest BCUT2D eigenvalue weighted by molar-refractivity contribution is 5.96. The first kappa shape index (κ1) is 16.2. The van der Waals surface area contributed by atoms with E-state index in [4.69, 9.17) is 0 Å². The van der Waals surface area contributed by atoms with E-state index >= 15 is 0 Å². The fourth-order valence-corrected chi connectivity index (χ4v) is 3.27. The molecule has 1 aliphatic heterocycles. The molecule has 1 heterocycles. The number of hydrogen-bond acceptors (Lipinski definition) is 2. The number of aliphatic carboxylic acids is 1. The van der Waals surface area contributed by atoms with Crippen LogP contribution in [0.15, 0.2) is 48.5 Å². The number of halogens is 1. The maximum atomic E-state index is 13.7. The topological polar surface area (TPSA) is 57.6 Å². The minimum absolute atomic E-state index is 0.129. The lowest BCUT2D eigenvalue weighted by molar-refractivity contribution is -0.141. The zero-order valence-electron chi connectivity index (χ0n) is 13.3. The maximum Gasteiger partial charge on any atom is 0.308 e. The number of hydrogen-bond donors (Lipinski definition) is 1. The van der Waals surface area contributed by atoms with Crippen LogP contribution in [0.3, 0.4) is 0 Å². The molecule has 2 aromatic rings. The number of carbonyl (C=O) groups excluding carboxylic acids is 1. The van der Waals surface area contributed by atoms with Gasteiger partial charge in [-0.1, -0.05) is 36.4 Å². The summed E-state index contributed by atoms with van der Waals surface area (Å²) in [6, 6.07) is 13.7. The maximum absolute atomic E-state index is 13.7. The van der Waals surface area contributed by atoms with E-state index in [-0.39, 0.29) is 29.5 Å². The van der Waals surface area contributed by atoms with Gasteiger partial charge in [-0.15, -0.1) is 0 Å². The molecule has 1 fully saturated rings. The zero-order chi connectivity index (χ0) is 17.3. The lowest BCUT2D eigenvalue weighted by atomic mass is 9.89. The molecular weight excluding hydrogens is 309 g/mol. The number of carboxylic acid groups (broad SMARTS) is 1. The summed E-state index contributed by atoms with van der Waals surface area (Å²) < 4.78 is 13.7. The lowest BCUT2D eigenvalue weighted by Crippen LogP contribution is -2.30. The third-order valence-electron chi connectivity index (χ3n) is 4.65. The molecule has 124 valence electrons. The number of rotatable bonds is 3. The quantitative estimate of drug-likeness (QED) is 0.942. The van der Waals surface area contributed by atoms with Crippen LogP contribution in [0, 0.1) is 18.7 Å². The molecule has 2 atom stereocenters. The molecule has 3 rings (SSSR count). The Bertz CT molecular complexity index is 775. The van der Waals surface area contributed by atoms with Crippen molar-refractivity contribution in [3.05, 3.63) is 71.0 Å². The van der Waals surface area contributed by atoms with Crippen LogP contribution in [-0.2, 0) is 4.79 Å². The minimum Gasteiger partial charge on any atom is -0.481 e. The summed E-state index contributed by atoms with van der Waals surface area (Å²) in [4.78, 5) is 25.9. The molecule has 0 radical (unpaired) electrons. The summed E-state index contributed by atoms with van der Waals surface area (Å²) in [6.45, 7) is 2.00. The molecule has 0 unspecified atom stereocenters. The van der Waals surface area contributed by atoms with Crippen LogP contribution in [0.5, 0.6) is 0 Å². The van der Waals surface area contributed by atoms with Crippen molar-refractivity contribution in [3.8, 4) is 0 Å². The summed E-state index contributed by atoms with van der Waals surface area (Å²) in [5.74, 6) is -2.60. The fourth-order valence-electron chi connectivity index (χ4n) is 3.27. The third kappa shape index (κ3) is 2.89. The number of likely N-dealkylation sites (tertiary alicyclic amines) is 1. The first-order chi connectivity index (χ1) is 11.5. The van der Waals surface area contributed by atoms with Crippen LogP contribution < -0.4 is 0 Å². The monoisotopic (exact) mass is 327 g/mol. The van der Waals surface area contributed by atoms with Gasteiger partial charge in [-0.05, 0) is 30.2 Å². The van der Waals surface area contributed by atoms with Gasteiger partial charge in [0.15, 0.2) is 0 Å². The number of amides is 1. The van der Waals surface area contributed by atoms with Crippen molar-refractivity contribution in [2.45, 2.75) is 12.8 Å². The van der Waals surface area contributed by atoms with E-state index < -0.39 is 17.7 Å². The standard InChI is InChI=1S/C19H18FNO3/c1-12-14(8-5-9-17(12)20)18(22)21-10-15(16(11-21)19(23)24)13-6-3-2-4-7-13/h2-9,15-16H,10-11H2,1H3,(H,23,24)/t15-,16-/m0/s1. The van der Waals surface area contributed by atoms with Crippen LogP contribution in [0.2, 0.25) is 0 Å². The second kappa shape index (κ2) is 6.43. The smallest absolute Gasteiger partial charge is 0.308 e. The lowest BCUT2D eigenvalue weighted by Gasteiger charge is -2.18. The Morgan fingerprint density at radius 2 is 1.79 bits per heavy atom. The van der Waals surface area contributed by atoms with Crippen molar-refractivity contribution in [3.63, 3.8) is 0 Å². The Kier molecular flexibility index (Phi) is 4.34. The van der Waals surface area contributed by atoms with Gasteiger partial charge in [0.25, 0.3) is 5.91 Å². The van der Waals surface area contributed by atoms with Gasteiger partial charge in [-0.2, -0.15) is 0 Å². The third-order valence-corrected chi connectivity index (χ3v) is 4.65. The first-order valence-corrected chi connectivity index (χ1v) is 7.81. The van der Waals surface area contributed by atoms with E-state index in [0.29, 0.717) is 6.54 Å². The van der Waals surface area contributed by atoms with Crippen molar-refractivity contribution in [2.75, 3.05) is 13.1 Å². The average molecular weight is 327 g/mol. The molecule has 1 N–H and O–H groups in total. The molecule has 0 saturated carbocycles. The average Bonchev–Trinajstić information content (AvgIpc) is 3.03. The highest BCUT2D eigenvalue weighted by Crippen LogP contribution is 2.34. The second-order valence-corrected chi connectivity index (χ2v) is 6.08. The molecule has 4 nitrogen and oxygen atoms in total. The Labute approximate surface area is 139 Å². The Morgan fingerprint density at radius 3 is 2.46 bits per heavy atom. The van der Waals surface area contributed by atoms with Gasteiger partial charge < -0.3 is 10.0 Å². The van der Waals surface area contributed by atoms with Gasteiger partial charge in [0.05, 0.1) is 5.92 Å². The molecule has 1 aliphatic rings. The van der Waals surface area contributed by atoms with Gasteiger partial charge >= 0.3 is 5.97 Å². The van der Waals surface area contributed by atoms with Gasteiger partial charge in [0, 0.05) is 24.6 Å². The van der Waals surface area contributed by atoms with E-state index in [9.17, 15) is 19.1 Å². The van der Waals surface area contributed by atoms with E-state index in [1.165, 1.54) is 17.0 Å². The summed E-state index contributed by atoms with van der Waals surface area (Å²) in [5.41, 5.74) is 1.47. The van der Waals surface area contributed by atoms with Crippen LogP contribution >= 0.6 is 0 Å². The molecule has 1 amide bonds. The summed E-state index contributed by atoms with van der Waals surface area (Å²) in [7, 11) is 0. The van der Waals surface area contributed by atoms with Gasteiger partial charge in [-0.3, -0.25) is 9.59 Å². The first-order valence-electron chi connectivity index (χ1n) is 7.81. The van der Waals surface area contributed by atoms with Crippen LogP contribution in [0.1, 0.15) is 27.4 Å². The highest BCUT2D eigenvalue weighted by Gasteiger charge is 2.40. The van der Waals surface area contributed by atoms with Crippen molar-refractivity contribution in [1.29, 1.82) is 0 Å². The Morgan fingerprint density at radius 1 is 1.08 bits per heavy atom. The van der Waals surface area contributed by atoms with Crippen molar-refractivity contribution in [1.82, 2.24) is 4.90 Å². The highest BCUT2D eigenvalue weighted by atomic mass is 19.1. The SMILES string of the molecule is Cc1c(F)cccc1C(=O)N1C[C@H](C(=O)O)[C@H](c2ccccc2)C1. The molecule has 0 aromatic heterocycles. The molecule has 0 bridgehead atoms. The van der Waals surface area contributed by atoms with Gasteiger partial charge in [0.2, 0.25) is 0 Å². The minimum atomic E-state index is -0.921. The molecule has 5 heteroatoms. The molecular formula is C19H18FNO3. The van der Waals surface area contributed by atoms with E-state index in [2.05, 4.69) is 0 Å². The molecule has 24 heavy (non-hydrogen) atoms. The number of nitrogens with zero attached hydrogens (tertiary/aromatic N) is 1. The second-order valence-electron chi connectivity index (χ2n) is 6.08. The number of carbonyl (C=O) groups is 2. The molecule has 2 aromatic carbocycles. The summed E-state index contributed by atoms with van der Waals surface area (Å²) in [6.07, 6.45) is 0.